The standard InChI is InChI=1S/C42H46O22/c1-16-28(48)32(52)35(55)40(58-16)59-21-12-22(46)27-23(13-21)60-37(18-5-9-20(45)10-6-18)38(31(27)51)63-42-39(34(54)29(49)24(14-43)61-42)64-41-36(56)33(53)30(50)25(62-41)15-57-26(47)11-4-17-2-7-19(44)8-3-17/h2-13,16,24-25,28-30,32-36,39-46,48-50,52-56H,14-15H2,1H3. The predicted molar refractivity (Wildman–Crippen MR) is 212 cm³/mol. The number of aromatic hydroxyl groups is 3. The summed E-state index contributed by atoms with van der Waals surface area (Å²) in [6.45, 7) is -0.198. The average Bonchev–Trinajstić information content (AvgIpc) is 3.27. The van der Waals surface area contributed by atoms with Gasteiger partial charge in [-0.05, 0) is 55.0 Å². The van der Waals surface area contributed by atoms with E-state index in [-0.39, 0.29) is 28.4 Å². The van der Waals surface area contributed by atoms with Gasteiger partial charge in [0, 0.05) is 23.8 Å². The van der Waals surface area contributed by atoms with Gasteiger partial charge in [0.25, 0.3) is 0 Å². The zero-order chi connectivity index (χ0) is 46.1. The molecule has 7 rings (SSSR count). The maximum absolute atomic E-state index is 14.4. The van der Waals surface area contributed by atoms with Gasteiger partial charge in [-0.1, -0.05) is 12.1 Å². The zero-order valence-corrected chi connectivity index (χ0v) is 33.5. The summed E-state index contributed by atoms with van der Waals surface area (Å²) in [7, 11) is 0. The van der Waals surface area contributed by atoms with Crippen molar-refractivity contribution in [2.75, 3.05) is 13.2 Å². The molecule has 3 saturated heterocycles. The van der Waals surface area contributed by atoms with Crippen molar-refractivity contribution in [2.45, 2.75) is 99.0 Å². The normalized spacial score (nSPS) is 33.2. The van der Waals surface area contributed by atoms with Gasteiger partial charge in [-0.15, -0.1) is 0 Å². The lowest BCUT2D eigenvalue weighted by atomic mass is 9.97. The molecule has 64 heavy (non-hydrogen) atoms. The highest BCUT2D eigenvalue weighted by Crippen LogP contribution is 2.39. The van der Waals surface area contributed by atoms with Crippen molar-refractivity contribution in [2.24, 2.45) is 0 Å². The average molecular weight is 903 g/mol. The Kier molecular flexibility index (Phi) is 14.1. The highest BCUT2D eigenvalue weighted by atomic mass is 16.8. The maximum atomic E-state index is 14.4. The van der Waals surface area contributed by atoms with Crippen molar-refractivity contribution in [1.29, 1.82) is 0 Å². The minimum atomic E-state index is -2.07. The lowest BCUT2D eigenvalue weighted by Gasteiger charge is -2.45. The summed E-state index contributed by atoms with van der Waals surface area (Å²) in [5.41, 5.74) is -0.832. The fourth-order valence-electron chi connectivity index (χ4n) is 7.18. The van der Waals surface area contributed by atoms with Crippen molar-refractivity contribution >= 4 is 23.0 Å². The van der Waals surface area contributed by atoms with Gasteiger partial charge in [0.1, 0.15) is 102 Å². The summed E-state index contributed by atoms with van der Waals surface area (Å²) in [4.78, 5) is 26.9. The molecule has 0 saturated carbocycles. The van der Waals surface area contributed by atoms with Crippen molar-refractivity contribution < 1.29 is 104 Å². The fraction of sp³-hybridized carbons (Fsp3) is 0.429. The van der Waals surface area contributed by atoms with E-state index in [1.54, 1.807) is 0 Å². The van der Waals surface area contributed by atoms with E-state index < -0.39 is 139 Å². The largest absolute Gasteiger partial charge is 0.508 e. The third kappa shape index (κ3) is 9.64. The first kappa shape index (κ1) is 46.5. The van der Waals surface area contributed by atoms with Crippen LogP contribution in [-0.2, 0) is 28.5 Å². The van der Waals surface area contributed by atoms with E-state index in [4.69, 9.17) is 37.6 Å². The van der Waals surface area contributed by atoms with Crippen molar-refractivity contribution in [1.82, 2.24) is 0 Å². The number of fused-ring (bicyclic) bond motifs is 1. The molecule has 0 aliphatic carbocycles. The quantitative estimate of drug-likeness (QED) is 0.0543. The molecule has 0 bridgehead atoms. The minimum Gasteiger partial charge on any atom is -0.508 e. The lowest BCUT2D eigenvalue weighted by Crippen LogP contribution is -2.65. The van der Waals surface area contributed by atoms with Gasteiger partial charge in [0.05, 0.1) is 12.7 Å². The van der Waals surface area contributed by atoms with Gasteiger partial charge in [0.2, 0.25) is 23.8 Å². The molecular weight excluding hydrogens is 856 g/mol. The Morgan fingerprint density at radius 2 is 1.30 bits per heavy atom. The van der Waals surface area contributed by atoms with Gasteiger partial charge in [-0.25, -0.2) is 4.79 Å². The molecule has 15 atom stereocenters. The van der Waals surface area contributed by atoms with E-state index in [1.807, 2.05) is 0 Å². The van der Waals surface area contributed by atoms with Crippen LogP contribution in [-0.4, -0.2) is 173 Å². The smallest absolute Gasteiger partial charge is 0.330 e. The van der Waals surface area contributed by atoms with Crippen LogP contribution in [0.5, 0.6) is 28.7 Å². The highest BCUT2D eigenvalue weighted by Gasteiger charge is 2.52. The van der Waals surface area contributed by atoms with Crippen LogP contribution in [0.1, 0.15) is 12.5 Å². The SMILES string of the molecule is CC1OC(Oc2cc(O)c3c(=O)c(OC4OC(CO)C(O)C(O)C4OC4OC(COC(=O)C=Cc5ccc(O)cc5)C(O)C(O)C4O)c(-c4ccc(O)cc4)oc3c2)C(O)C(O)C1O. The number of hydrogen-bond donors (Lipinski definition) is 12. The number of hydrogen-bond acceptors (Lipinski definition) is 22. The van der Waals surface area contributed by atoms with Crippen LogP contribution in [0.2, 0.25) is 0 Å². The van der Waals surface area contributed by atoms with Gasteiger partial charge in [-0.3, -0.25) is 4.79 Å². The monoisotopic (exact) mass is 902 g/mol. The third-order valence-electron chi connectivity index (χ3n) is 10.8. The topological polar surface area (TPSA) is 355 Å². The molecule has 3 aromatic carbocycles. The first-order chi connectivity index (χ1) is 30.4. The molecule has 4 heterocycles. The van der Waals surface area contributed by atoms with Crippen molar-refractivity contribution in [3.05, 3.63) is 82.5 Å². The van der Waals surface area contributed by atoms with E-state index in [0.717, 1.165) is 18.2 Å². The third-order valence-corrected chi connectivity index (χ3v) is 10.8. The number of phenols is 3. The number of carbonyl (C=O) groups excluding carboxylic acids is 1. The van der Waals surface area contributed by atoms with Crippen molar-refractivity contribution in [3.63, 3.8) is 0 Å². The number of ether oxygens (including phenoxy) is 7. The molecule has 1 aromatic heterocycles. The van der Waals surface area contributed by atoms with E-state index in [0.29, 0.717) is 5.56 Å². The summed E-state index contributed by atoms with van der Waals surface area (Å²) < 4.78 is 45.7. The fourth-order valence-corrected chi connectivity index (χ4v) is 7.18. The van der Waals surface area contributed by atoms with Crippen LogP contribution in [0.25, 0.3) is 28.4 Å². The second-order valence-electron chi connectivity index (χ2n) is 15.2. The number of benzene rings is 3. The molecule has 22 nitrogen and oxygen atoms in total. The van der Waals surface area contributed by atoms with E-state index >= 15 is 0 Å². The molecule has 15 unspecified atom stereocenters. The van der Waals surface area contributed by atoms with E-state index in [9.17, 15) is 70.9 Å². The summed E-state index contributed by atoms with van der Waals surface area (Å²) in [5.74, 6) is -3.23. The van der Waals surface area contributed by atoms with Crippen LogP contribution in [0.3, 0.4) is 0 Å². The van der Waals surface area contributed by atoms with Crippen LogP contribution < -0.4 is 14.9 Å². The molecule has 3 aliphatic heterocycles. The molecule has 22 heteroatoms. The van der Waals surface area contributed by atoms with Crippen LogP contribution in [0.4, 0.5) is 0 Å². The van der Waals surface area contributed by atoms with Crippen molar-refractivity contribution in [3.8, 4) is 40.1 Å². The van der Waals surface area contributed by atoms with Gasteiger partial charge in [0.15, 0.2) is 18.2 Å². The Morgan fingerprint density at radius 3 is 1.97 bits per heavy atom. The summed E-state index contributed by atoms with van der Waals surface area (Å²) >= 11 is 0. The lowest BCUT2D eigenvalue weighted by molar-refractivity contribution is -0.358. The van der Waals surface area contributed by atoms with Crippen LogP contribution >= 0.6 is 0 Å². The van der Waals surface area contributed by atoms with Crippen LogP contribution in [0, 0.1) is 0 Å². The number of esters is 1. The first-order valence-corrected chi connectivity index (χ1v) is 19.7. The molecule has 3 fully saturated rings. The first-order valence-electron chi connectivity index (χ1n) is 19.7. The minimum absolute atomic E-state index is 0.00357. The second-order valence-corrected chi connectivity index (χ2v) is 15.2. The molecular formula is C42H46O22. The van der Waals surface area contributed by atoms with Gasteiger partial charge < -0.3 is 98.9 Å². The Balaban J connectivity index is 1.18. The Hall–Kier alpha value is -5.44. The van der Waals surface area contributed by atoms with Gasteiger partial charge >= 0.3 is 5.97 Å². The zero-order valence-electron chi connectivity index (χ0n) is 33.5. The summed E-state index contributed by atoms with van der Waals surface area (Å²) in [6.07, 6.45) is -24.0. The molecule has 346 valence electrons. The second kappa shape index (κ2) is 19.3. The highest BCUT2D eigenvalue weighted by molar-refractivity contribution is 5.88. The van der Waals surface area contributed by atoms with E-state index in [2.05, 4.69) is 0 Å². The van der Waals surface area contributed by atoms with Gasteiger partial charge in [-0.2, -0.15) is 0 Å². The Bertz CT molecular complexity index is 2340. The molecule has 0 spiro atoms. The molecule has 4 aromatic rings. The maximum Gasteiger partial charge on any atom is 0.330 e. The number of aliphatic hydroxyl groups is 9. The molecule has 12 N–H and O–H groups in total. The van der Waals surface area contributed by atoms with E-state index in [1.165, 1.54) is 61.5 Å². The summed E-state index contributed by atoms with van der Waals surface area (Å²) in [5, 5.41) is 126. The summed E-state index contributed by atoms with van der Waals surface area (Å²) in [6, 6.07) is 13.0. The number of carbonyl (C=O) groups is 1. The molecule has 3 aliphatic rings. The molecule has 0 radical (unpaired) electrons. The Labute approximate surface area is 361 Å². The Morgan fingerprint density at radius 1 is 0.688 bits per heavy atom. The number of aliphatic hydroxyl groups excluding tert-OH is 9. The predicted octanol–water partition coefficient (Wildman–Crippen LogP) is -1.95. The number of rotatable bonds is 12. The molecule has 0 amide bonds. The van der Waals surface area contributed by atoms with Crippen LogP contribution in [0.15, 0.2) is 76.0 Å². The number of phenolic OH excluding ortho intramolecular Hbond substituents is 3.